The zero-order chi connectivity index (χ0) is 22.9. The first kappa shape index (κ1) is 20.3. The molecule has 5 aromatic rings. The molecule has 0 radical (unpaired) electrons. The third kappa shape index (κ3) is 3.71. The molecular weight excluding hydrogens is 430 g/mol. The van der Waals surface area contributed by atoms with Gasteiger partial charge in [0.1, 0.15) is 5.82 Å². The van der Waals surface area contributed by atoms with E-state index >= 15 is 0 Å². The van der Waals surface area contributed by atoms with Crippen molar-refractivity contribution in [3.8, 4) is 28.2 Å². The van der Waals surface area contributed by atoms with E-state index in [-0.39, 0.29) is 5.56 Å². The lowest BCUT2D eigenvalue weighted by atomic mass is 10.1. The summed E-state index contributed by atoms with van der Waals surface area (Å²) in [5.74, 6) is 1.28. The number of morpholine rings is 1. The summed E-state index contributed by atoms with van der Waals surface area (Å²) in [5, 5.41) is 9.25. The van der Waals surface area contributed by atoms with Crippen molar-refractivity contribution in [1.82, 2.24) is 29.4 Å². The van der Waals surface area contributed by atoms with Crippen LogP contribution in [0.4, 0.5) is 5.82 Å². The second-order valence-corrected chi connectivity index (χ2v) is 7.97. The molecule has 34 heavy (non-hydrogen) atoms. The number of aromatic nitrogens is 6. The lowest BCUT2D eigenvalue weighted by Gasteiger charge is -2.29. The highest BCUT2D eigenvalue weighted by Crippen LogP contribution is 2.25. The van der Waals surface area contributed by atoms with Gasteiger partial charge in [-0.05, 0) is 17.7 Å². The van der Waals surface area contributed by atoms with E-state index in [9.17, 15) is 4.79 Å². The van der Waals surface area contributed by atoms with Gasteiger partial charge >= 0.3 is 0 Å². The molecule has 6 rings (SSSR count). The Bertz CT molecular complexity index is 1510. The molecule has 0 saturated carbocycles. The van der Waals surface area contributed by atoms with E-state index in [1.165, 1.54) is 4.68 Å². The summed E-state index contributed by atoms with van der Waals surface area (Å²) in [7, 11) is 0. The van der Waals surface area contributed by atoms with Gasteiger partial charge in [-0.15, -0.1) is 0 Å². The van der Waals surface area contributed by atoms with Crippen LogP contribution < -0.4 is 10.5 Å². The summed E-state index contributed by atoms with van der Waals surface area (Å²) in [6, 6.07) is 18.9. The quantitative estimate of drug-likeness (QED) is 0.415. The van der Waals surface area contributed by atoms with Gasteiger partial charge in [0.2, 0.25) is 0 Å². The second kappa shape index (κ2) is 8.53. The maximum Gasteiger partial charge on any atom is 0.273 e. The minimum Gasteiger partial charge on any atom is -0.378 e. The van der Waals surface area contributed by atoms with Crippen LogP contribution in [0.2, 0.25) is 0 Å². The zero-order valence-electron chi connectivity index (χ0n) is 18.3. The zero-order valence-corrected chi connectivity index (χ0v) is 18.3. The molecule has 0 N–H and O–H groups in total. The van der Waals surface area contributed by atoms with Crippen molar-refractivity contribution in [2.24, 2.45) is 0 Å². The average Bonchev–Trinajstić information content (AvgIpc) is 3.34. The summed E-state index contributed by atoms with van der Waals surface area (Å²) >= 11 is 0. The molecular formula is C25H21N7O2. The monoisotopic (exact) mass is 451 g/mol. The Morgan fingerprint density at radius 2 is 1.65 bits per heavy atom. The van der Waals surface area contributed by atoms with Gasteiger partial charge in [-0.3, -0.25) is 9.78 Å². The molecule has 0 aliphatic carbocycles. The molecule has 9 heteroatoms. The third-order valence-electron chi connectivity index (χ3n) is 5.83. The normalized spacial score (nSPS) is 13.9. The van der Waals surface area contributed by atoms with Gasteiger partial charge < -0.3 is 9.64 Å². The highest BCUT2D eigenvalue weighted by molar-refractivity contribution is 5.67. The first-order valence-electron chi connectivity index (χ1n) is 11.1. The molecule has 0 spiro atoms. The van der Waals surface area contributed by atoms with Crippen LogP contribution in [-0.2, 0) is 4.74 Å². The fourth-order valence-corrected chi connectivity index (χ4v) is 4.10. The summed E-state index contributed by atoms with van der Waals surface area (Å²) in [4.78, 5) is 24.1. The van der Waals surface area contributed by atoms with Crippen molar-refractivity contribution in [1.29, 1.82) is 0 Å². The molecule has 0 bridgehead atoms. The van der Waals surface area contributed by atoms with E-state index in [1.807, 2.05) is 59.1 Å². The van der Waals surface area contributed by atoms with E-state index in [4.69, 9.17) is 14.8 Å². The predicted molar refractivity (Wildman–Crippen MR) is 128 cm³/mol. The summed E-state index contributed by atoms with van der Waals surface area (Å²) in [5.41, 5.74) is 3.81. The van der Waals surface area contributed by atoms with Gasteiger partial charge in [-0.1, -0.05) is 30.3 Å². The Labute approximate surface area is 194 Å². The highest BCUT2D eigenvalue weighted by Gasteiger charge is 2.19. The molecule has 0 unspecified atom stereocenters. The molecule has 1 aliphatic heterocycles. The van der Waals surface area contributed by atoms with Crippen LogP contribution in [0.5, 0.6) is 0 Å². The van der Waals surface area contributed by atoms with Gasteiger partial charge in [0.25, 0.3) is 5.56 Å². The number of fused-ring (bicyclic) bond motifs is 1. The fraction of sp³-hybridized carbons (Fsp3) is 0.160. The van der Waals surface area contributed by atoms with Crippen molar-refractivity contribution < 1.29 is 4.74 Å². The Balaban J connectivity index is 1.49. The van der Waals surface area contributed by atoms with E-state index < -0.39 is 0 Å². The highest BCUT2D eigenvalue weighted by atomic mass is 16.5. The van der Waals surface area contributed by atoms with Gasteiger partial charge in [-0.25, -0.2) is 4.98 Å². The molecule has 1 aromatic carbocycles. The smallest absolute Gasteiger partial charge is 0.273 e. The Hall–Kier alpha value is -4.37. The van der Waals surface area contributed by atoms with Crippen LogP contribution in [-0.4, -0.2) is 55.7 Å². The van der Waals surface area contributed by atoms with Crippen molar-refractivity contribution in [2.75, 3.05) is 31.2 Å². The molecule has 168 valence electrons. The first-order chi connectivity index (χ1) is 16.8. The van der Waals surface area contributed by atoms with Crippen LogP contribution in [0.25, 0.3) is 33.8 Å². The summed E-state index contributed by atoms with van der Waals surface area (Å²) in [6.07, 6.45) is 5.16. The SMILES string of the molecule is O=c1cc(-c2ccccc2)cnn1-c1cc(N2CCOCC2)n2nc(-c3ccncc3)cc2n1. The maximum absolute atomic E-state index is 13.1. The average molecular weight is 451 g/mol. The molecule has 5 heterocycles. The maximum atomic E-state index is 13.1. The van der Waals surface area contributed by atoms with Crippen LogP contribution in [0.1, 0.15) is 0 Å². The van der Waals surface area contributed by atoms with Crippen LogP contribution in [0.15, 0.2) is 84.0 Å². The number of ether oxygens (including phenoxy) is 1. The molecule has 4 aromatic heterocycles. The Morgan fingerprint density at radius 1 is 0.853 bits per heavy atom. The molecule has 9 nitrogen and oxygen atoms in total. The van der Waals surface area contributed by atoms with Crippen molar-refractivity contribution in [3.63, 3.8) is 0 Å². The molecule has 1 aliphatic rings. The third-order valence-corrected chi connectivity index (χ3v) is 5.83. The number of hydrogen-bond acceptors (Lipinski definition) is 7. The van der Waals surface area contributed by atoms with E-state index in [0.717, 1.165) is 41.3 Å². The van der Waals surface area contributed by atoms with E-state index in [2.05, 4.69) is 15.0 Å². The number of pyridine rings is 1. The van der Waals surface area contributed by atoms with Crippen LogP contribution >= 0.6 is 0 Å². The van der Waals surface area contributed by atoms with Crippen molar-refractivity contribution >= 4 is 11.5 Å². The summed E-state index contributed by atoms with van der Waals surface area (Å²) in [6.45, 7) is 2.69. The first-order valence-corrected chi connectivity index (χ1v) is 11.1. The number of nitrogens with zero attached hydrogens (tertiary/aromatic N) is 7. The van der Waals surface area contributed by atoms with E-state index in [0.29, 0.717) is 24.7 Å². The molecule has 1 saturated heterocycles. The minimum absolute atomic E-state index is 0.250. The van der Waals surface area contributed by atoms with Gasteiger partial charge in [-0.2, -0.15) is 19.4 Å². The molecule has 1 fully saturated rings. The lowest BCUT2D eigenvalue weighted by Crippen LogP contribution is -2.37. The predicted octanol–water partition coefficient (Wildman–Crippen LogP) is 2.84. The van der Waals surface area contributed by atoms with E-state index in [1.54, 1.807) is 24.7 Å². The second-order valence-electron chi connectivity index (χ2n) is 7.97. The number of rotatable bonds is 4. The summed E-state index contributed by atoms with van der Waals surface area (Å²) < 4.78 is 8.68. The van der Waals surface area contributed by atoms with Gasteiger partial charge in [0, 0.05) is 54.8 Å². The largest absolute Gasteiger partial charge is 0.378 e. The van der Waals surface area contributed by atoms with Gasteiger partial charge in [0.15, 0.2) is 11.5 Å². The number of hydrogen-bond donors (Lipinski definition) is 0. The minimum atomic E-state index is -0.250. The molecule has 0 atom stereocenters. The Morgan fingerprint density at radius 3 is 2.41 bits per heavy atom. The standard InChI is InChI=1S/C25H21N7O2/c33-25-14-20(18-4-2-1-3-5-18)17-27-32(25)23-16-24(30-10-12-34-13-11-30)31-22(28-23)15-21(29-31)19-6-8-26-9-7-19/h1-9,14-17H,10-13H2. The van der Waals surface area contributed by atoms with Crippen LogP contribution in [0.3, 0.4) is 0 Å². The number of benzene rings is 1. The fourth-order valence-electron chi connectivity index (χ4n) is 4.10. The number of anilines is 1. The van der Waals surface area contributed by atoms with Crippen molar-refractivity contribution in [2.45, 2.75) is 0 Å². The van der Waals surface area contributed by atoms with Crippen molar-refractivity contribution in [3.05, 3.63) is 89.6 Å². The molecule has 0 amide bonds. The Kier molecular flexibility index (Phi) is 5.08. The van der Waals surface area contributed by atoms with Crippen LogP contribution in [0, 0.1) is 0 Å². The lowest BCUT2D eigenvalue weighted by molar-refractivity contribution is 0.122. The topological polar surface area (TPSA) is 90.4 Å². The van der Waals surface area contributed by atoms with Gasteiger partial charge in [0.05, 0.1) is 25.1 Å².